The Hall–Kier alpha value is -2.60. The van der Waals surface area contributed by atoms with Gasteiger partial charge in [-0.15, -0.1) is 0 Å². The third-order valence-corrected chi connectivity index (χ3v) is 4.38. The van der Waals surface area contributed by atoms with Crippen LogP contribution in [0.2, 0.25) is 0 Å². The van der Waals surface area contributed by atoms with E-state index in [1.165, 1.54) is 0 Å². The van der Waals surface area contributed by atoms with Crippen molar-refractivity contribution in [3.8, 4) is 11.3 Å². The van der Waals surface area contributed by atoms with Gasteiger partial charge in [-0.1, -0.05) is 0 Å². The Morgan fingerprint density at radius 2 is 2.21 bits per heavy atom. The number of ketones is 1. The molecule has 0 bridgehead atoms. The van der Waals surface area contributed by atoms with Crippen LogP contribution in [0.25, 0.3) is 22.2 Å². The molecule has 6 heteroatoms. The van der Waals surface area contributed by atoms with E-state index in [2.05, 4.69) is 21.0 Å². The van der Waals surface area contributed by atoms with Crippen LogP contribution in [0.3, 0.4) is 0 Å². The third-order valence-electron chi connectivity index (χ3n) is 4.38. The number of nitrogens with zero attached hydrogens (tertiary/aromatic N) is 4. The number of aryl methyl sites for hydroxylation is 1. The highest BCUT2D eigenvalue weighted by Crippen LogP contribution is 2.22. The molecule has 0 spiro atoms. The standard InChI is InChI=1S/C18H18N4O2/c1-22-11-19-10-16(22)13-5-12-6-14(20-9-15(12)21-8-13)7-17(23)18-3-2-4-24-18/h5-6,8-11,18H,2-4,7H2,1H3/t18-/m1/s1. The highest BCUT2D eigenvalue weighted by Gasteiger charge is 2.23. The van der Waals surface area contributed by atoms with Gasteiger partial charge < -0.3 is 9.30 Å². The van der Waals surface area contributed by atoms with Crippen molar-refractivity contribution in [2.45, 2.75) is 25.4 Å². The maximum absolute atomic E-state index is 12.3. The molecule has 0 radical (unpaired) electrons. The van der Waals surface area contributed by atoms with Gasteiger partial charge in [-0.2, -0.15) is 0 Å². The number of pyridine rings is 2. The summed E-state index contributed by atoms with van der Waals surface area (Å²) in [7, 11) is 1.95. The van der Waals surface area contributed by atoms with E-state index in [1.54, 1.807) is 12.5 Å². The first-order valence-electron chi connectivity index (χ1n) is 8.06. The van der Waals surface area contributed by atoms with Gasteiger partial charge in [-0.05, 0) is 25.0 Å². The highest BCUT2D eigenvalue weighted by molar-refractivity contribution is 5.87. The van der Waals surface area contributed by atoms with Crippen molar-refractivity contribution in [3.63, 3.8) is 0 Å². The molecule has 3 aromatic heterocycles. The lowest BCUT2D eigenvalue weighted by Gasteiger charge is -2.08. The maximum Gasteiger partial charge on any atom is 0.167 e. The van der Waals surface area contributed by atoms with Crippen molar-refractivity contribution in [1.82, 2.24) is 19.5 Å². The summed E-state index contributed by atoms with van der Waals surface area (Å²) in [6.45, 7) is 0.680. The van der Waals surface area contributed by atoms with Crippen molar-refractivity contribution in [2.75, 3.05) is 6.61 Å². The van der Waals surface area contributed by atoms with Gasteiger partial charge in [0.2, 0.25) is 0 Å². The van der Waals surface area contributed by atoms with Crippen molar-refractivity contribution in [2.24, 2.45) is 7.05 Å². The fourth-order valence-electron chi connectivity index (χ4n) is 3.07. The van der Waals surface area contributed by atoms with Crippen LogP contribution in [0, 0.1) is 0 Å². The third kappa shape index (κ3) is 2.80. The largest absolute Gasteiger partial charge is 0.370 e. The summed E-state index contributed by atoms with van der Waals surface area (Å²) in [5, 5.41) is 0.971. The zero-order valence-electron chi connectivity index (χ0n) is 13.5. The maximum atomic E-state index is 12.3. The SMILES string of the molecule is Cn1cncc1-c1cnc2cnc(CC(=O)[C@H]3CCCO3)cc2c1. The van der Waals surface area contributed by atoms with Crippen molar-refractivity contribution < 1.29 is 9.53 Å². The van der Waals surface area contributed by atoms with Crippen LogP contribution < -0.4 is 0 Å². The number of ether oxygens (including phenoxy) is 1. The second-order valence-corrected chi connectivity index (χ2v) is 6.13. The number of Topliss-reactive ketones (excluding diaryl/α,β-unsaturated/α-hetero) is 1. The Labute approximate surface area is 139 Å². The minimum absolute atomic E-state index is 0.107. The Morgan fingerprint density at radius 1 is 1.29 bits per heavy atom. The van der Waals surface area contributed by atoms with Gasteiger partial charge in [0.15, 0.2) is 5.78 Å². The summed E-state index contributed by atoms with van der Waals surface area (Å²) in [6, 6.07) is 4.00. The lowest BCUT2D eigenvalue weighted by atomic mass is 10.1. The first-order valence-corrected chi connectivity index (χ1v) is 8.06. The average molecular weight is 322 g/mol. The second kappa shape index (κ2) is 6.13. The van der Waals surface area contributed by atoms with Crippen molar-refractivity contribution >= 4 is 16.7 Å². The molecule has 1 fully saturated rings. The van der Waals surface area contributed by atoms with E-state index in [-0.39, 0.29) is 11.9 Å². The molecule has 24 heavy (non-hydrogen) atoms. The smallest absolute Gasteiger partial charge is 0.167 e. The average Bonchev–Trinajstić information content (AvgIpc) is 3.25. The number of aromatic nitrogens is 4. The molecular formula is C18H18N4O2. The number of fused-ring (bicyclic) bond motifs is 1. The topological polar surface area (TPSA) is 69.9 Å². The monoisotopic (exact) mass is 322 g/mol. The second-order valence-electron chi connectivity index (χ2n) is 6.13. The van der Waals surface area contributed by atoms with Crippen LogP contribution in [-0.2, 0) is 23.0 Å². The number of imidazole rings is 1. The van der Waals surface area contributed by atoms with Gasteiger partial charge in [0.25, 0.3) is 0 Å². The molecule has 0 unspecified atom stereocenters. The molecule has 0 aromatic carbocycles. The van der Waals surface area contributed by atoms with Gasteiger partial charge in [0.1, 0.15) is 6.10 Å². The predicted octanol–water partition coefficient (Wildman–Crippen LogP) is 2.32. The van der Waals surface area contributed by atoms with Crippen LogP contribution in [0.4, 0.5) is 0 Å². The molecule has 3 aromatic rings. The Bertz CT molecular complexity index is 897. The quantitative estimate of drug-likeness (QED) is 0.737. The molecule has 0 amide bonds. The first-order chi connectivity index (χ1) is 11.7. The summed E-state index contributed by atoms with van der Waals surface area (Å²) in [4.78, 5) is 25.2. The van der Waals surface area contributed by atoms with Gasteiger partial charge in [0, 0.05) is 36.5 Å². The Kier molecular flexibility index (Phi) is 3.82. The van der Waals surface area contributed by atoms with E-state index in [4.69, 9.17) is 4.74 Å². The van der Waals surface area contributed by atoms with Gasteiger partial charge >= 0.3 is 0 Å². The molecule has 4 rings (SSSR count). The minimum Gasteiger partial charge on any atom is -0.370 e. The van der Waals surface area contributed by atoms with Gasteiger partial charge in [-0.25, -0.2) is 4.98 Å². The van der Waals surface area contributed by atoms with E-state index >= 15 is 0 Å². The fourth-order valence-corrected chi connectivity index (χ4v) is 3.07. The van der Waals surface area contributed by atoms with Gasteiger partial charge in [-0.3, -0.25) is 14.8 Å². The van der Waals surface area contributed by atoms with E-state index in [9.17, 15) is 4.79 Å². The van der Waals surface area contributed by atoms with Crippen LogP contribution in [0.1, 0.15) is 18.5 Å². The molecule has 1 aliphatic heterocycles. The molecule has 1 atom stereocenters. The molecular weight excluding hydrogens is 304 g/mol. The van der Waals surface area contributed by atoms with Gasteiger partial charge in [0.05, 0.1) is 36.4 Å². The zero-order valence-corrected chi connectivity index (χ0v) is 13.5. The molecule has 6 nitrogen and oxygen atoms in total. The molecule has 122 valence electrons. The van der Waals surface area contributed by atoms with Crippen LogP contribution >= 0.6 is 0 Å². The summed E-state index contributed by atoms with van der Waals surface area (Å²) in [6.07, 6.45) is 8.93. The number of hydrogen-bond donors (Lipinski definition) is 0. The van der Waals surface area contributed by atoms with E-state index < -0.39 is 0 Å². The molecule has 0 aliphatic carbocycles. The molecule has 1 aliphatic rings. The van der Waals surface area contributed by atoms with Crippen LogP contribution in [0.5, 0.6) is 0 Å². The lowest BCUT2D eigenvalue weighted by Crippen LogP contribution is -2.21. The molecule has 4 heterocycles. The van der Waals surface area contributed by atoms with Crippen LogP contribution in [-0.4, -0.2) is 38.0 Å². The number of rotatable bonds is 4. The van der Waals surface area contributed by atoms with E-state index in [0.29, 0.717) is 13.0 Å². The number of hydrogen-bond acceptors (Lipinski definition) is 5. The first kappa shape index (κ1) is 15.0. The number of carbonyl (C=O) groups is 1. The van der Waals surface area contributed by atoms with Crippen molar-refractivity contribution in [1.29, 1.82) is 0 Å². The van der Waals surface area contributed by atoms with Crippen LogP contribution in [0.15, 0.2) is 37.1 Å². The predicted molar refractivity (Wildman–Crippen MR) is 89.4 cm³/mol. The van der Waals surface area contributed by atoms with Crippen molar-refractivity contribution in [3.05, 3.63) is 42.7 Å². The Balaban J connectivity index is 1.64. The summed E-state index contributed by atoms with van der Waals surface area (Å²) in [5.74, 6) is 0.107. The summed E-state index contributed by atoms with van der Waals surface area (Å²) >= 11 is 0. The summed E-state index contributed by atoms with van der Waals surface area (Å²) < 4.78 is 7.41. The highest BCUT2D eigenvalue weighted by atomic mass is 16.5. The number of carbonyl (C=O) groups excluding carboxylic acids is 1. The van der Waals surface area contributed by atoms with E-state index in [1.807, 2.05) is 30.1 Å². The normalized spacial score (nSPS) is 17.5. The fraction of sp³-hybridized carbons (Fsp3) is 0.333. The Morgan fingerprint density at radius 3 is 2.96 bits per heavy atom. The lowest BCUT2D eigenvalue weighted by molar-refractivity contribution is -0.127. The minimum atomic E-state index is -0.263. The zero-order chi connectivity index (χ0) is 16.5. The molecule has 0 N–H and O–H groups in total. The van der Waals surface area contributed by atoms with E-state index in [0.717, 1.165) is 40.7 Å². The molecule has 1 saturated heterocycles. The molecule has 0 saturated carbocycles. The summed E-state index contributed by atoms with van der Waals surface area (Å²) in [5.41, 5.74) is 3.56.